The molecule has 0 saturated heterocycles. The first-order chi connectivity index (χ1) is 13.7. The van der Waals surface area contributed by atoms with Gasteiger partial charge in [0.25, 0.3) is 0 Å². The molecule has 0 amide bonds. The lowest BCUT2D eigenvalue weighted by Crippen LogP contribution is -2.55. The topological polar surface area (TPSA) is 108 Å². The van der Waals surface area contributed by atoms with E-state index >= 15 is 0 Å². The van der Waals surface area contributed by atoms with Crippen LogP contribution in [0.5, 0.6) is 11.5 Å². The largest absolute Gasteiger partial charge is 0.493 e. The first-order valence-electron chi connectivity index (χ1n) is 9.52. The zero-order valence-corrected chi connectivity index (χ0v) is 17.4. The van der Waals surface area contributed by atoms with Crippen molar-refractivity contribution in [2.75, 3.05) is 27.4 Å². The first kappa shape index (κ1) is 22.7. The lowest BCUT2D eigenvalue weighted by molar-refractivity contribution is -0.172. The lowest BCUT2D eigenvalue weighted by atomic mass is 9.61. The van der Waals surface area contributed by atoms with Crippen LogP contribution in [0.2, 0.25) is 0 Å². The lowest BCUT2D eigenvalue weighted by Gasteiger charge is -2.43. The molecule has 0 spiro atoms. The molecule has 1 aliphatic rings. The summed E-state index contributed by atoms with van der Waals surface area (Å²) in [4.78, 5) is 38.3. The van der Waals surface area contributed by atoms with Gasteiger partial charge in [0.1, 0.15) is 5.92 Å². The minimum Gasteiger partial charge on any atom is -0.493 e. The van der Waals surface area contributed by atoms with Gasteiger partial charge in [-0.3, -0.25) is 14.4 Å². The van der Waals surface area contributed by atoms with Crippen LogP contribution in [0.3, 0.4) is 0 Å². The van der Waals surface area contributed by atoms with Crippen LogP contribution < -0.4 is 9.47 Å². The van der Waals surface area contributed by atoms with Crippen molar-refractivity contribution in [1.82, 2.24) is 0 Å². The molecule has 0 heterocycles. The zero-order chi connectivity index (χ0) is 21.8. The number of esters is 2. The van der Waals surface area contributed by atoms with Gasteiger partial charge in [0.15, 0.2) is 17.3 Å². The molecular formula is C21H28O8. The molecule has 0 aliphatic heterocycles. The molecule has 0 radical (unpaired) electrons. The quantitative estimate of drug-likeness (QED) is 0.538. The third-order valence-corrected chi connectivity index (χ3v) is 5.14. The summed E-state index contributed by atoms with van der Waals surface area (Å²) in [5.41, 5.74) is -1.23. The molecule has 8 heteroatoms. The smallest absolute Gasteiger partial charge is 0.317 e. The van der Waals surface area contributed by atoms with Crippen LogP contribution in [0.1, 0.15) is 38.7 Å². The SMILES string of the molecule is CCOC(=O)[C@H]1C(=O)C[C@](C)(O)[C@@H](C(=O)OCC)[C@@H]1c1ccc(OC)c(OC)c1. The fourth-order valence-electron chi connectivity index (χ4n) is 3.94. The molecular weight excluding hydrogens is 380 g/mol. The number of rotatable bonds is 7. The summed E-state index contributed by atoms with van der Waals surface area (Å²) < 4.78 is 20.9. The van der Waals surface area contributed by atoms with Crippen LogP contribution >= 0.6 is 0 Å². The number of benzene rings is 1. The maximum atomic E-state index is 12.8. The summed E-state index contributed by atoms with van der Waals surface area (Å²) in [7, 11) is 2.94. The fourth-order valence-corrected chi connectivity index (χ4v) is 3.94. The average molecular weight is 408 g/mol. The Labute approximate surface area is 170 Å². The van der Waals surface area contributed by atoms with Crippen LogP contribution in [0, 0.1) is 11.8 Å². The predicted octanol–water partition coefficient (Wildman–Crippen LogP) is 1.87. The molecule has 1 N–H and O–H groups in total. The molecule has 2 rings (SSSR count). The van der Waals surface area contributed by atoms with Gasteiger partial charge in [0.2, 0.25) is 0 Å². The molecule has 1 aromatic rings. The van der Waals surface area contributed by atoms with Crippen molar-refractivity contribution in [3.8, 4) is 11.5 Å². The third kappa shape index (κ3) is 4.53. The number of ketones is 1. The Hall–Kier alpha value is -2.61. The minimum absolute atomic E-state index is 0.0851. The van der Waals surface area contributed by atoms with Gasteiger partial charge in [-0.1, -0.05) is 6.07 Å². The van der Waals surface area contributed by atoms with Crippen LogP contribution in [-0.2, 0) is 23.9 Å². The maximum Gasteiger partial charge on any atom is 0.317 e. The summed E-state index contributed by atoms with van der Waals surface area (Å²) in [5, 5.41) is 11.0. The number of carbonyl (C=O) groups is 3. The van der Waals surface area contributed by atoms with E-state index in [1.807, 2.05) is 0 Å². The molecule has 1 fully saturated rings. The molecule has 160 valence electrons. The van der Waals surface area contributed by atoms with Crippen molar-refractivity contribution in [1.29, 1.82) is 0 Å². The van der Waals surface area contributed by atoms with Gasteiger partial charge >= 0.3 is 11.9 Å². The Morgan fingerprint density at radius 1 is 1.07 bits per heavy atom. The van der Waals surface area contributed by atoms with Gasteiger partial charge in [0.05, 0.1) is 39.0 Å². The summed E-state index contributed by atoms with van der Waals surface area (Å²) in [6.45, 7) is 4.87. The monoisotopic (exact) mass is 408 g/mol. The van der Waals surface area contributed by atoms with Crippen molar-refractivity contribution >= 4 is 17.7 Å². The molecule has 0 bridgehead atoms. The van der Waals surface area contributed by atoms with E-state index in [0.29, 0.717) is 17.1 Å². The predicted molar refractivity (Wildman–Crippen MR) is 103 cm³/mol. The molecule has 0 aromatic heterocycles. The first-order valence-corrected chi connectivity index (χ1v) is 9.52. The molecule has 0 unspecified atom stereocenters. The molecule has 4 atom stereocenters. The van der Waals surface area contributed by atoms with Crippen molar-refractivity contribution in [2.45, 2.75) is 38.7 Å². The van der Waals surface area contributed by atoms with Gasteiger partial charge in [0, 0.05) is 12.3 Å². The van der Waals surface area contributed by atoms with E-state index in [4.69, 9.17) is 18.9 Å². The second-order valence-electron chi connectivity index (χ2n) is 7.10. The second-order valence-corrected chi connectivity index (χ2v) is 7.10. The number of hydrogen-bond donors (Lipinski definition) is 1. The maximum absolute atomic E-state index is 12.8. The van der Waals surface area contributed by atoms with Gasteiger partial charge < -0.3 is 24.1 Å². The standard InChI is InChI=1S/C21H28O8/c1-6-28-19(23)17-13(22)11-21(3,25)18(20(24)29-7-2)16(17)12-8-9-14(26-4)15(10-12)27-5/h8-10,16-18,25H,6-7,11H2,1-5H3/t16-,17+,18-,21+/m1/s1. The van der Waals surface area contributed by atoms with E-state index in [1.54, 1.807) is 32.0 Å². The van der Waals surface area contributed by atoms with Crippen molar-refractivity contribution in [3.05, 3.63) is 23.8 Å². The van der Waals surface area contributed by atoms with Crippen LogP contribution in [0.25, 0.3) is 0 Å². The molecule has 1 saturated carbocycles. The van der Waals surface area contributed by atoms with E-state index in [1.165, 1.54) is 21.1 Å². The Balaban J connectivity index is 2.67. The minimum atomic E-state index is -1.69. The number of hydrogen-bond acceptors (Lipinski definition) is 8. The summed E-state index contributed by atoms with van der Waals surface area (Å²) in [6, 6.07) is 4.85. The van der Waals surface area contributed by atoms with E-state index in [-0.39, 0.29) is 19.6 Å². The van der Waals surface area contributed by atoms with Gasteiger partial charge in [-0.15, -0.1) is 0 Å². The molecule has 8 nitrogen and oxygen atoms in total. The highest BCUT2D eigenvalue weighted by molar-refractivity contribution is 6.02. The van der Waals surface area contributed by atoms with Crippen molar-refractivity contribution < 1.29 is 38.4 Å². The van der Waals surface area contributed by atoms with E-state index in [2.05, 4.69) is 0 Å². The highest BCUT2D eigenvalue weighted by atomic mass is 16.5. The zero-order valence-electron chi connectivity index (χ0n) is 17.4. The number of ether oxygens (including phenoxy) is 4. The number of carbonyl (C=O) groups excluding carboxylic acids is 3. The fraction of sp³-hybridized carbons (Fsp3) is 0.571. The van der Waals surface area contributed by atoms with E-state index < -0.39 is 41.1 Å². The van der Waals surface area contributed by atoms with E-state index in [0.717, 1.165) is 0 Å². The van der Waals surface area contributed by atoms with Gasteiger partial charge in [-0.05, 0) is 38.5 Å². The summed E-state index contributed by atoms with van der Waals surface area (Å²) in [5.74, 6) is -4.46. The number of aliphatic hydroxyl groups is 1. The highest BCUT2D eigenvalue weighted by Crippen LogP contribution is 2.48. The normalized spacial score (nSPS) is 26.6. The Kier molecular flexibility index (Phi) is 7.24. The summed E-state index contributed by atoms with van der Waals surface area (Å²) in [6.07, 6.45) is -0.357. The number of Topliss-reactive ketones (excluding diaryl/α,β-unsaturated/α-hetero) is 1. The van der Waals surface area contributed by atoms with E-state index in [9.17, 15) is 19.5 Å². The number of methoxy groups -OCH3 is 2. The Morgan fingerprint density at radius 2 is 1.66 bits per heavy atom. The Bertz CT molecular complexity index is 770. The average Bonchev–Trinajstić information content (AvgIpc) is 2.66. The molecule has 29 heavy (non-hydrogen) atoms. The Morgan fingerprint density at radius 3 is 2.21 bits per heavy atom. The molecule has 1 aromatic carbocycles. The van der Waals surface area contributed by atoms with Crippen LogP contribution in [0.4, 0.5) is 0 Å². The van der Waals surface area contributed by atoms with Crippen molar-refractivity contribution in [2.24, 2.45) is 11.8 Å². The highest BCUT2D eigenvalue weighted by Gasteiger charge is 2.57. The molecule has 1 aliphatic carbocycles. The van der Waals surface area contributed by atoms with Crippen LogP contribution in [-0.4, -0.2) is 55.9 Å². The summed E-state index contributed by atoms with van der Waals surface area (Å²) >= 11 is 0. The van der Waals surface area contributed by atoms with Crippen LogP contribution in [0.15, 0.2) is 18.2 Å². The van der Waals surface area contributed by atoms with Gasteiger partial charge in [-0.25, -0.2) is 0 Å². The third-order valence-electron chi connectivity index (χ3n) is 5.14. The van der Waals surface area contributed by atoms with Crippen molar-refractivity contribution in [3.63, 3.8) is 0 Å². The second kappa shape index (κ2) is 9.26. The van der Waals surface area contributed by atoms with Gasteiger partial charge in [-0.2, -0.15) is 0 Å².